The maximum Gasteiger partial charge on any atom is 0.347 e. The van der Waals surface area contributed by atoms with Crippen LogP contribution in [0.5, 0.6) is 11.5 Å². The first kappa shape index (κ1) is 15.9. The number of rotatable bonds is 5. The number of urea groups is 1. The van der Waals surface area contributed by atoms with Gasteiger partial charge < -0.3 is 14.8 Å². The summed E-state index contributed by atoms with van der Waals surface area (Å²) in [5.74, 6) is 1.05. The van der Waals surface area contributed by atoms with Gasteiger partial charge in [-0.3, -0.25) is 5.21 Å². The number of nitrogens with one attached hydrogen (secondary N) is 1. The van der Waals surface area contributed by atoms with Crippen molar-refractivity contribution < 1.29 is 19.5 Å². The van der Waals surface area contributed by atoms with Crippen LogP contribution in [0.15, 0.2) is 42.5 Å². The number of fused-ring (bicyclic) bond motifs is 1. The molecule has 1 aliphatic rings. The molecular weight excluding hydrogens is 310 g/mol. The Bertz CT molecular complexity index is 750. The zero-order chi connectivity index (χ0) is 17.1. The summed E-state index contributed by atoms with van der Waals surface area (Å²) in [6.45, 7) is 4.64. The van der Waals surface area contributed by atoms with Gasteiger partial charge in [-0.1, -0.05) is 12.1 Å². The Morgan fingerprint density at radius 2 is 1.79 bits per heavy atom. The number of hydrazine groups is 1. The Morgan fingerprint density at radius 3 is 2.54 bits per heavy atom. The highest BCUT2D eigenvalue weighted by Gasteiger charge is 2.32. The van der Waals surface area contributed by atoms with Crippen LogP contribution in [0.3, 0.4) is 0 Å². The lowest BCUT2D eigenvalue weighted by Gasteiger charge is -2.36. The molecule has 7 heteroatoms. The van der Waals surface area contributed by atoms with Crippen molar-refractivity contribution in [2.24, 2.45) is 0 Å². The van der Waals surface area contributed by atoms with Crippen LogP contribution in [0, 0.1) is 0 Å². The van der Waals surface area contributed by atoms with Crippen LogP contribution in [0.1, 0.15) is 13.8 Å². The molecule has 0 fully saturated rings. The fraction of sp³-hybridized carbons (Fsp3) is 0.235. The molecule has 1 aliphatic heterocycles. The molecule has 0 bridgehead atoms. The summed E-state index contributed by atoms with van der Waals surface area (Å²) in [5.41, 5.74) is 1.37. The summed E-state index contributed by atoms with van der Waals surface area (Å²) in [5, 5.41) is 15.2. The molecule has 0 saturated heterocycles. The van der Waals surface area contributed by atoms with E-state index >= 15 is 0 Å². The predicted molar refractivity (Wildman–Crippen MR) is 91.0 cm³/mol. The third kappa shape index (κ3) is 2.81. The van der Waals surface area contributed by atoms with Crippen molar-refractivity contribution in [2.45, 2.75) is 13.8 Å². The molecular formula is C17H19N3O4. The molecule has 2 N–H and O–H groups in total. The Labute approximate surface area is 139 Å². The van der Waals surface area contributed by atoms with Crippen LogP contribution < -0.4 is 25.0 Å². The Morgan fingerprint density at radius 1 is 1.04 bits per heavy atom. The van der Waals surface area contributed by atoms with E-state index in [1.807, 2.05) is 13.8 Å². The normalized spacial score (nSPS) is 13.4. The zero-order valence-electron chi connectivity index (χ0n) is 13.5. The van der Waals surface area contributed by atoms with E-state index in [2.05, 4.69) is 5.32 Å². The smallest absolute Gasteiger partial charge is 0.347 e. The summed E-state index contributed by atoms with van der Waals surface area (Å²) >= 11 is 0. The van der Waals surface area contributed by atoms with E-state index in [1.165, 1.54) is 0 Å². The van der Waals surface area contributed by atoms with E-state index in [1.54, 1.807) is 42.5 Å². The molecule has 2 aromatic rings. The molecule has 0 aromatic heterocycles. The number of benzene rings is 2. The van der Waals surface area contributed by atoms with E-state index in [-0.39, 0.29) is 0 Å². The molecule has 7 nitrogen and oxygen atoms in total. The quantitative estimate of drug-likeness (QED) is 0.876. The van der Waals surface area contributed by atoms with E-state index in [4.69, 9.17) is 9.47 Å². The van der Waals surface area contributed by atoms with Gasteiger partial charge in [-0.25, -0.2) is 4.79 Å². The molecule has 2 amide bonds. The highest BCUT2D eigenvalue weighted by Crippen LogP contribution is 2.38. The number of ether oxygens (including phenoxy) is 2. The average Bonchev–Trinajstić information content (AvgIpc) is 2.57. The lowest BCUT2D eigenvalue weighted by molar-refractivity contribution is 0.220. The molecule has 0 aliphatic carbocycles. The van der Waals surface area contributed by atoms with E-state index in [0.717, 1.165) is 10.2 Å². The number of carbonyl (C=O) groups excluding carboxylic acids is 1. The van der Waals surface area contributed by atoms with E-state index in [0.29, 0.717) is 41.8 Å². The van der Waals surface area contributed by atoms with Crippen LogP contribution in [0.25, 0.3) is 0 Å². The van der Waals surface area contributed by atoms with E-state index < -0.39 is 6.03 Å². The molecule has 0 atom stereocenters. The van der Waals surface area contributed by atoms with Crippen molar-refractivity contribution in [3.8, 4) is 11.5 Å². The van der Waals surface area contributed by atoms with Gasteiger partial charge >= 0.3 is 6.03 Å². The van der Waals surface area contributed by atoms with Crippen LogP contribution in [-0.4, -0.2) is 24.5 Å². The van der Waals surface area contributed by atoms with E-state index in [9.17, 15) is 10.0 Å². The van der Waals surface area contributed by atoms with Gasteiger partial charge in [0, 0.05) is 6.07 Å². The predicted octanol–water partition coefficient (Wildman–Crippen LogP) is 3.65. The minimum Gasteiger partial charge on any atom is -0.494 e. The summed E-state index contributed by atoms with van der Waals surface area (Å²) in [6.07, 6.45) is 0. The second-order valence-electron chi connectivity index (χ2n) is 5.04. The highest BCUT2D eigenvalue weighted by atomic mass is 16.6. The molecule has 126 valence electrons. The lowest BCUT2D eigenvalue weighted by atomic mass is 10.2. The number of amides is 2. The maximum absolute atomic E-state index is 12.5. The molecule has 0 spiro atoms. The summed E-state index contributed by atoms with van der Waals surface area (Å²) in [4.78, 5) is 12.5. The van der Waals surface area contributed by atoms with Crippen molar-refractivity contribution in [1.29, 1.82) is 0 Å². The number of hydrogen-bond acceptors (Lipinski definition) is 5. The van der Waals surface area contributed by atoms with Gasteiger partial charge in [-0.2, -0.15) is 10.2 Å². The Balaban J connectivity index is 2.06. The van der Waals surface area contributed by atoms with Crippen molar-refractivity contribution in [3.63, 3.8) is 0 Å². The van der Waals surface area contributed by atoms with Crippen LogP contribution in [0.4, 0.5) is 21.9 Å². The Hall–Kier alpha value is -2.93. The summed E-state index contributed by atoms with van der Waals surface area (Å²) in [7, 11) is 0. The molecule has 3 rings (SSSR count). The monoisotopic (exact) mass is 329 g/mol. The largest absolute Gasteiger partial charge is 0.494 e. The molecule has 0 unspecified atom stereocenters. The van der Waals surface area contributed by atoms with Crippen LogP contribution >= 0.6 is 0 Å². The third-order valence-electron chi connectivity index (χ3n) is 3.51. The number of nitrogens with zero attached hydrogens (tertiary/aromatic N) is 2. The van der Waals surface area contributed by atoms with Crippen molar-refractivity contribution in [1.82, 2.24) is 0 Å². The SMILES string of the molecule is CCOc1ccc(OCC)c(N2C(=O)Nc3ccccc3N2O)c1. The molecule has 2 aromatic carbocycles. The molecule has 1 heterocycles. The van der Waals surface area contributed by atoms with Gasteiger partial charge in [0.15, 0.2) is 0 Å². The van der Waals surface area contributed by atoms with Gasteiger partial charge in [0.1, 0.15) is 22.9 Å². The summed E-state index contributed by atoms with van der Waals surface area (Å²) < 4.78 is 11.1. The Kier molecular flexibility index (Phi) is 4.43. The average molecular weight is 329 g/mol. The van der Waals surface area contributed by atoms with Gasteiger partial charge in [0.25, 0.3) is 0 Å². The fourth-order valence-electron chi connectivity index (χ4n) is 2.52. The first-order chi connectivity index (χ1) is 11.7. The molecule has 24 heavy (non-hydrogen) atoms. The van der Waals surface area contributed by atoms with Crippen molar-refractivity contribution in [2.75, 3.05) is 28.7 Å². The van der Waals surface area contributed by atoms with Crippen LogP contribution in [-0.2, 0) is 0 Å². The number of anilines is 3. The standard InChI is InChI=1S/C17H19N3O4/c1-3-23-12-9-10-16(24-4-2)15(11-12)19-17(21)18-13-7-5-6-8-14(13)20(19)22/h5-11,22H,3-4H2,1-2H3,(H,18,21). The third-order valence-corrected chi connectivity index (χ3v) is 3.51. The van der Waals surface area contributed by atoms with Crippen molar-refractivity contribution >= 4 is 23.1 Å². The lowest BCUT2D eigenvalue weighted by Crippen LogP contribution is -2.51. The zero-order valence-corrected chi connectivity index (χ0v) is 13.5. The number of hydrogen-bond donors (Lipinski definition) is 2. The first-order valence-electron chi connectivity index (χ1n) is 7.74. The van der Waals surface area contributed by atoms with Gasteiger partial charge in [0.2, 0.25) is 0 Å². The second-order valence-corrected chi connectivity index (χ2v) is 5.04. The van der Waals surface area contributed by atoms with Crippen molar-refractivity contribution in [3.05, 3.63) is 42.5 Å². The van der Waals surface area contributed by atoms with Gasteiger partial charge in [-0.15, -0.1) is 0 Å². The maximum atomic E-state index is 12.5. The highest BCUT2D eigenvalue weighted by molar-refractivity contribution is 6.09. The molecule has 0 radical (unpaired) electrons. The number of para-hydroxylation sites is 2. The first-order valence-corrected chi connectivity index (χ1v) is 7.74. The minimum absolute atomic E-state index is 0.386. The number of carbonyl (C=O) groups is 1. The van der Waals surface area contributed by atoms with Gasteiger partial charge in [0.05, 0.1) is 18.9 Å². The minimum atomic E-state index is -0.495. The molecule has 0 saturated carbocycles. The topological polar surface area (TPSA) is 74.3 Å². The van der Waals surface area contributed by atoms with Gasteiger partial charge in [-0.05, 0) is 38.1 Å². The summed E-state index contributed by atoms with van der Waals surface area (Å²) in [6, 6.07) is 11.6. The second kappa shape index (κ2) is 6.67. The fourth-order valence-corrected chi connectivity index (χ4v) is 2.52. The van der Waals surface area contributed by atoms with Crippen LogP contribution in [0.2, 0.25) is 0 Å².